The minimum Gasteiger partial charge on any atom is -0.322 e. The monoisotopic (exact) mass is 390 g/mol. The molecule has 0 unspecified atom stereocenters. The molecule has 0 aliphatic rings. The number of fused-ring (bicyclic) bond motifs is 1. The molecule has 4 rings (SSSR count). The Kier molecular flexibility index (Phi) is 4.61. The summed E-state index contributed by atoms with van der Waals surface area (Å²) in [4.78, 5) is 17.8. The van der Waals surface area contributed by atoms with Crippen LogP contribution in [0.2, 0.25) is 5.02 Å². The first-order valence-electron chi connectivity index (χ1n) is 8.94. The number of hydrogen-bond acceptors (Lipinski definition) is 3. The second-order valence-corrected chi connectivity index (χ2v) is 7.19. The lowest BCUT2D eigenvalue weighted by Gasteiger charge is -2.10. The van der Waals surface area contributed by atoms with Gasteiger partial charge >= 0.3 is 0 Å². The lowest BCUT2D eigenvalue weighted by molar-refractivity contribution is 0.102. The molecule has 0 aliphatic heterocycles. The summed E-state index contributed by atoms with van der Waals surface area (Å²) < 4.78 is 1.78. The molecule has 2 heterocycles. The van der Waals surface area contributed by atoms with Crippen LogP contribution in [0.25, 0.3) is 16.7 Å². The van der Waals surface area contributed by atoms with E-state index in [0.717, 1.165) is 33.7 Å². The Morgan fingerprint density at radius 3 is 2.50 bits per heavy atom. The molecule has 0 atom stereocenters. The molecule has 0 fully saturated rings. The van der Waals surface area contributed by atoms with Crippen molar-refractivity contribution in [3.8, 4) is 5.69 Å². The highest BCUT2D eigenvalue weighted by atomic mass is 35.5. The number of carbonyl (C=O) groups is 1. The number of pyridine rings is 1. The van der Waals surface area contributed by atoms with Crippen molar-refractivity contribution in [1.82, 2.24) is 14.8 Å². The molecular formula is C22H19ClN4O. The van der Waals surface area contributed by atoms with Crippen LogP contribution in [0, 0.1) is 20.8 Å². The third-order valence-corrected chi connectivity index (χ3v) is 4.86. The molecule has 140 valence electrons. The molecule has 28 heavy (non-hydrogen) atoms. The van der Waals surface area contributed by atoms with Gasteiger partial charge in [-0.15, -0.1) is 0 Å². The first kappa shape index (κ1) is 18.2. The minimum atomic E-state index is -0.198. The number of aryl methyl sites for hydroxylation is 3. The van der Waals surface area contributed by atoms with Gasteiger partial charge in [0.2, 0.25) is 0 Å². The summed E-state index contributed by atoms with van der Waals surface area (Å²) >= 11 is 6.02. The summed E-state index contributed by atoms with van der Waals surface area (Å²) in [5, 5.41) is 9.01. The van der Waals surface area contributed by atoms with Gasteiger partial charge in [0.15, 0.2) is 5.65 Å². The van der Waals surface area contributed by atoms with Gasteiger partial charge in [-0.25, -0.2) is 9.67 Å². The molecule has 2 aromatic carbocycles. The molecule has 2 aromatic heterocycles. The fraction of sp³-hybridized carbons (Fsp3) is 0.136. The van der Waals surface area contributed by atoms with Gasteiger partial charge in [0.1, 0.15) is 0 Å². The lowest BCUT2D eigenvalue weighted by Crippen LogP contribution is -2.14. The van der Waals surface area contributed by atoms with E-state index in [4.69, 9.17) is 11.6 Å². The third kappa shape index (κ3) is 3.25. The van der Waals surface area contributed by atoms with E-state index in [-0.39, 0.29) is 5.91 Å². The first-order chi connectivity index (χ1) is 13.4. The molecule has 0 saturated heterocycles. The Morgan fingerprint density at radius 1 is 1.04 bits per heavy atom. The van der Waals surface area contributed by atoms with Crippen molar-refractivity contribution in [2.75, 3.05) is 5.32 Å². The van der Waals surface area contributed by atoms with Crippen LogP contribution < -0.4 is 5.32 Å². The average molecular weight is 391 g/mol. The van der Waals surface area contributed by atoms with Crippen molar-refractivity contribution in [2.45, 2.75) is 20.8 Å². The number of nitrogens with one attached hydrogen (secondary N) is 1. The molecule has 1 N–H and O–H groups in total. The molecule has 0 bridgehead atoms. The summed E-state index contributed by atoms with van der Waals surface area (Å²) in [7, 11) is 0. The van der Waals surface area contributed by atoms with Crippen LogP contribution in [-0.2, 0) is 0 Å². The molecule has 0 saturated carbocycles. The highest BCUT2D eigenvalue weighted by Crippen LogP contribution is 2.26. The number of para-hydroxylation sites is 1. The molecule has 0 radical (unpaired) electrons. The van der Waals surface area contributed by atoms with E-state index >= 15 is 0 Å². The van der Waals surface area contributed by atoms with Gasteiger partial charge in [0.05, 0.1) is 22.3 Å². The number of halogens is 1. The van der Waals surface area contributed by atoms with E-state index < -0.39 is 0 Å². The first-order valence-corrected chi connectivity index (χ1v) is 9.32. The zero-order valence-corrected chi connectivity index (χ0v) is 16.6. The summed E-state index contributed by atoms with van der Waals surface area (Å²) in [6, 6.07) is 17.0. The summed E-state index contributed by atoms with van der Waals surface area (Å²) in [5.74, 6) is -0.198. The van der Waals surface area contributed by atoms with Gasteiger partial charge < -0.3 is 5.32 Å². The van der Waals surface area contributed by atoms with Crippen LogP contribution in [0.5, 0.6) is 0 Å². The number of nitrogens with zero attached hydrogens (tertiary/aromatic N) is 3. The maximum Gasteiger partial charge on any atom is 0.256 e. The van der Waals surface area contributed by atoms with Crippen molar-refractivity contribution >= 4 is 34.2 Å². The van der Waals surface area contributed by atoms with Gasteiger partial charge in [-0.1, -0.05) is 29.8 Å². The normalized spacial score (nSPS) is 11.0. The molecule has 6 heteroatoms. The number of amides is 1. The summed E-state index contributed by atoms with van der Waals surface area (Å²) in [6.07, 6.45) is 0. The standard InChI is InChI=1S/C22H19ClN4O/c1-13-11-16(23)9-10-19(13)25-22(28)18-12-14(2)24-21-20(18)15(3)26-27(21)17-7-5-4-6-8-17/h4-12H,1-3H3,(H,25,28). The largest absolute Gasteiger partial charge is 0.322 e. The average Bonchev–Trinajstić information content (AvgIpc) is 3.00. The molecule has 1 amide bonds. The minimum absolute atomic E-state index is 0.198. The molecule has 0 aliphatic carbocycles. The van der Waals surface area contributed by atoms with Crippen LogP contribution in [0.4, 0.5) is 5.69 Å². The van der Waals surface area contributed by atoms with Crippen LogP contribution >= 0.6 is 11.6 Å². The number of hydrogen-bond donors (Lipinski definition) is 1. The zero-order chi connectivity index (χ0) is 19.8. The van der Waals surface area contributed by atoms with E-state index in [0.29, 0.717) is 16.2 Å². The number of aromatic nitrogens is 3. The van der Waals surface area contributed by atoms with Crippen molar-refractivity contribution in [1.29, 1.82) is 0 Å². The Labute approximate surface area is 168 Å². The predicted octanol–water partition coefficient (Wildman–Crippen LogP) is 5.25. The van der Waals surface area contributed by atoms with E-state index in [1.807, 2.05) is 57.2 Å². The van der Waals surface area contributed by atoms with Crippen LogP contribution in [0.15, 0.2) is 54.6 Å². The van der Waals surface area contributed by atoms with Gasteiger partial charge in [-0.2, -0.15) is 5.10 Å². The second kappa shape index (κ2) is 7.09. The van der Waals surface area contributed by atoms with Crippen LogP contribution in [-0.4, -0.2) is 20.7 Å². The molecule has 4 aromatic rings. The highest BCUT2D eigenvalue weighted by molar-refractivity contribution is 6.30. The highest BCUT2D eigenvalue weighted by Gasteiger charge is 2.20. The maximum atomic E-state index is 13.1. The second-order valence-electron chi connectivity index (χ2n) is 6.76. The summed E-state index contributed by atoms with van der Waals surface area (Å²) in [6.45, 7) is 5.68. The van der Waals surface area contributed by atoms with Gasteiger partial charge in [-0.05, 0) is 62.7 Å². The van der Waals surface area contributed by atoms with E-state index in [1.165, 1.54) is 0 Å². The third-order valence-electron chi connectivity index (χ3n) is 4.62. The molecular weight excluding hydrogens is 372 g/mol. The topological polar surface area (TPSA) is 59.8 Å². The number of carbonyl (C=O) groups excluding carboxylic acids is 1. The van der Waals surface area contributed by atoms with Crippen molar-refractivity contribution < 1.29 is 4.79 Å². The summed E-state index contributed by atoms with van der Waals surface area (Å²) in [5.41, 5.74) is 5.26. The smallest absolute Gasteiger partial charge is 0.256 e. The fourth-order valence-electron chi connectivity index (χ4n) is 3.30. The zero-order valence-electron chi connectivity index (χ0n) is 15.8. The van der Waals surface area contributed by atoms with Crippen molar-refractivity contribution in [2.24, 2.45) is 0 Å². The predicted molar refractivity (Wildman–Crippen MR) is 112 cm³/mol. The van der Waals surface area contributed by atoms with E-state index in [1.54, 1.807) is 22.9 Å². The van der Waals surface area contributed by atoms with Crippen molar-refractivity contribution in [3.63, 3.8) is 0 Å². The number of anilines is 1. The Bertz CT molecular complexity index is 1200. The van der Waals surface area contributed by atoms with Crippen LogP contribution in [0.3, 0.4) is 0 Å². The van der Waals surface area contributed by atoms with E-state index in [2.05, 4.69) is 15.4 Å². The SMILES string of the molecule is Cc1cc(C(=O)Nc2ccc(Cl)cc2C)c2c(C)nn(-c3ccccc3)c2n1. The Morgan fingerprint density at radius 2 is 1.79 bits per heavy atom. The van der Waals surface area contributed by atoms with Gasteiger partial charge in [0, 0.05) is 16.4 Å². The lowest BCUT2D eigenvalue weighted by atomic mass is 10.1. The van der Waals surface area contributed by atoms with Crippen LogP contribution in [0.1, 0.15) is 27.3 Å². The molecule has 0 spiro atoms. The molecule has 5 nitrogen and oxygen atoms in total. The maximum absolute atomic E-state index is 13.1. The fourth-order valence-corrected chi connectivity index (χ4v) is 3.53. The quantitative estimate of drug-likeness (QED) is 0.519. The van der Waals surface area contributed by atoms with Gasteiger partial charge in [0.25, 0.3) is 5.91 Å². The Hall–Kier alpha value is -3.18. The number of rotatable bonds is 3. The Balaban J connectivity index is 1.83. The van der Waals surface area contributed by atoms with Gasteiger partial charge in [-0.3, -0.25) is 4.79 Å². The van der Waals surface area contributed by atoms with E-state index in [9.17, 15) is 4.79 Å². The van der Waals surface area contributed by atoms with Crippen molar-refractivity contribution in [3.05, 3.63) is 82.1 Å². The number of benzene rings is 2.